The van der Waals surface area contributed by atoms with Gasteiger partial charge in [0.25, 0.3) is 9.84 Å². The molecule has 5 nitrogen and oxygen atoms in total. The molecule has 1 unspecified atom stereocenters. The van der Waals surface area contributed by atoms with Gasteiger partial charge in [-0.2, -0.15) is 13.2 Å². The van der Waals surface area contributed by atoms with Gasteiger partial charge in [0.05, 0.1) is 16.5 Å². The van der Waals surface area contributed by atoms with E-state index in [0.29, 0.717) is 0 Å². The number of aliphatic carboxylic acids is 1. The molecular formula is C12H14F3NO4S. The molecule has 21 heavy (non-hydrogen) atoms. The lowest BCUT2D eigenvalue weighted by molar-refractivity contribution is -0.141. The highest BCUT2D eigenvalue weighted by atomic mass is 32.2. The number of hydrogen-bond acceptors (Lipinski definition) is 4. The number of nitrogens with one attached hydrogen (secondary N) is 1. The van der Waals surface area contributed by atoms with Crippen LogP contribution in [-0.2, 0) is 14.6 Å². The number of rotatable bonds is 6. The van der Waals surface area contributed by atoms with Gasteiger partial charge in [-0.05, 0) is 18.6 Å². The number of halogens is 3. The topological polar surface area (TPSA) is 83.5 Å². The molecule has 1 aromatic carbocycles. The molecular weight excluding hydrogens is 311 g/mol. The quantitative estimate of drug-likeness (QED) is 0.839. The van der Waals surface area contributed by atoms with E-state index >= 15 is 0 Å². The molecule has 0 radical (unpaired) electrons. The summed E-state index contributed by atoms with van der Waals surface area (Å²) in [7, 11) is -5.49. The summed E-state index contributed by atoms with van der Waals surface area (Å²) in [5.41, 5.74) is -5.68. The molecule has 0 saturated carbocycles. The second kappa shape index (κ2) is 6.33. The maximum atomic E-state index is 12.6. The second-order valence-corrected chi connectivity index (χ2v) is 6.18. The summed E-state index contributed by atoms with van der Waals surface area (Å²) in [4.78, 5) is 9.94. The number of carboxylic acid groups (broad SMARTS) is 1. The minimum absolute atomic E-state index is 0.170. The summed E-state index contributed by atoms with van der Waals surface area (Å²) in [6, 6.07) is 4.51. The van der Waals surface area contributed by atoms with Crippen LogP contribution in [-0.4, -0.2) is 31.5 Å². The minimum atomic E-state index is -5.49. The van der Waals surface area contributed by atoms with Crippen LogP contribution >= 0.6 is 0 Å². The highest BCUT2D eigenvalue weighted by molar-refractivity contribution is 7.92. The van der Waals surface area contributed by atoms with Gasteiger partial charge in [0, 0.05) is 6.54 Å². The average molecular weight is 325 g/mol. The molecule has 0 heterocycles. The summed E-state index contributed by atoms with van der Waals surface area (Å²) in [6.07, 6.45) is 0.260. The van der Waals surface area contributed by atoms with E-state index in [1.165, 1.54) is 6.07 Å². The van der Waals surface area contributed by atoms with Crippen LogP contribution in [0.5, 0.6) is 0 Å². The standard InChI is InChI=1S/C12H14F3NO4S/c1-2-8(11(17)18)7-16-9-5-3-4-6-10(9)21(19,20)12(13,14)15/h3-6,8,16H,2,7H2,1H3,(H,17,18). The van der Waals surface area contributed by atoms with Gasteiger partial charge in [0.15, 0.2) is 0 Å². The molecule has 0 spiro atoms. The molecule has 0 saturated heterocycles. The Kier molecular flexibility index (Phi) is 5.21. The Morgan fingerprint density at radius 3 is 2.38 bits per heavy atom. The fourth-order valence-corrected chi connectivity index (χ4v) is 2.55. The first-order valence-corrected chi connectivity index (χ1v) is 7.46. The van der Waals surface area contributed by atoms with Gasteiger partial charge in [0.2, 0.25) is 0 Å². The van der Waals surface area contributed by atoms with Gasteiger partial charge in [-0.25, -0.2) is 8.42 Å². The Hall–Kier alpha value is -1.77. The Balaban J connectivity index is 3.09. The van der Waals surface area contributed by atoms with Crippen molar-refractivity contribution in [2.75, 3.05) is 11.9 Å². The Morgan fingerprint density at radius 2 is 1.90 bits per heavy atom. The molecule has 0 aliphatic rings. The third-order valence-electron chi connectivity index (χ3n) is 2.86. The third-order valence-corrected chi connectivity index (χ3v) is 4.41. The average Bonchev–Trinajstić information content (AvgIpc) is 2.38. The van der Waals surface area contributed by atoms with Crippen LogP contribution in [0, 0.1) is 5.92 Å². The van der Waals surface area contributed by atoms with Crippen molar-refractivity contribution in [1.82, 2.24) is 0 Å². The predicted octanol–water partition coefficient (Wildman–Crippen LogP) is 2.50. The van der Waals surface area contributed by atoms with E-state index in [1.807, 2.05) is 0 Å². The van der Waals surface area contributed by atoms with Gasteiger partial charge in [-0.3, -0.25) is 4.79 Å². The van der Waals surface area contributed by atoms with Crippen LogP contribution < -0.4 is 5.32 Å². The number of hydrogen-bond donors (Lipinski definition) is 2. The van der Waals surface area contributed by atoms with E-state index in [2.05, 4.69) is 5.32 Å². The lowest BCUT2D eigenvalue weighted by Gasteiger charge is -2.16. The van der Waals surface area contributed by atoms with E-state index < -0.39 is 32.1 Å². The summed E-state index contributed by atoms with van der Waals surface area (Å²) in [5.74, 6) is -1.94. The number of para-hydroxylation sites is 1. The maximum absolute atomic E-state index is 12.6. The number of anilines is 1. The van der Waals surface area contributed by atoms with Gasteiger partial charge in [0.1, 0.15) is 0 Å². The molecule has 118 valence electrons. The Bertz CT molecular complexity index is 613. The fourth-order valence-electron chi connectivity index (χ4n) is 1.61. The van der Waals surface area contributed by atoms with Crippen molar-refractivity contribution in [2.45, 2.75) is 23.7 Å². The molecule has 0 aliphatic carbocycles. The summed E-state index contributed by atoms with van der Waals surface area (Å²) in [5, 5.41) is 11.3. The number of carbonyl (C=O) groups is 1. The third kappa shape index (κ3) is 3.87. The van der Waals surface area contributed by atoms with Crippen LogP contribution in [0.25, 0.3) is 0 Å². The highest BCUT2D eigenvalue weighted by Crippen LogP contribution is 2.34. The van der Waals surface area contributed by atoms with E-state index in [0.717, 1.165) is 18.2 Å². The van der Waals surface area contributed by atoms with Gasteiger partial charge in [-0.1, -0.05) is 19.1 Å². The van der Waals surface area contributed by atoms with E-state index in [9.17, 15) is 26.4 Å². The molecule has 1 rings (SSSR count). The second-order valence-electron chi connectivity index (χ2n) is 4.27. The molecule has 0 aliphatic heterocycles. The van der Waals surface area contributed by atoms with Crippen LogP contribution in [0.2, 0.25) is 0 Å². The van der Waals surface area contributed by atoms with Gasteiger partial charge < -0.3 is 10.4 Å². The molecule has 0 fully saturated rings. The molecule has 1 atom stereocenters. The lowest BCUT2D eigenvalue weighted by atomic mass is 10.1. The fraction of sp³-hybridized carbons (Fsp3) is 0.417. The number of benzene rings is 1. The van der Waals surface area contributed by atoms with Gasteiger partial charge >= 0.3 is 11.5 Å². The van der Waals surface area contributed by atoms with Gasteiger partial charge in [-0.15, -0.1) is 0 Å². The molecule has 1 aromatic rings. The van der Waals surface area contributed by atoms with Crippen LogP contribution in [0.3, 0.4) is 0 Å². The highest BCUT2D eigenvalue weighted by Gasteiger charge is 2.47. The normalized spacial score (nSPS) is 13.7. The number of carboxylic acids is 1. The zero-order valence-corrected chi connectivity index (χ0v) is 11.8. The monoisotopic (exact) mass is 325 g/mol. The number of sulfone groups is 1. The Labute approximate surface area is 119 Å². The van der Waals surface area contributed by atoms with Crippen molar-refractivity contribution in [3.05, 3.63) is 24.3 Å². The van der Waals surface area contributed by atoms with Crippen molar-refractivity contribution in [1.29, 1.82) is 0 Å². The van der Waals surface area contributed by atoms with Crippen molar-refractivity contribution in [2.24, 2.45) is 5.92 Å². The lowest BCUT2D eigenvalue weighted by Crippen LogP contribution is -2.26. The summed E-state index contributed by atoms with van der Waals surface area (Å²) in [6.45, 7) is 1.44. The summed E-state index contributed by atoms with van der Waals surface area (Å²) < 4.78 is 60.6. The Morgan fingerprint density at radius 1 is 1.33 bits per heavy atom. The zero-order valence-electron chi connectivity index (χ0n) is 11.0. The van der Waals surface area contributed by atoms with Crippen LogP contribution in [0.15, 0.2) is 29.2 Å². The van der Waals surface area contributed by atoms with E-state index in [-0.39, 0.29) is 18.7 Å². The van der Waals surface area contributed by atoms with Crippen LogP contribution in [0.4, 0.5) is 18.9 Å². The van der Waals surface area contributed by atoms with E-state index in [4.69, 9.17) is 5.11 Å². The molecule has 0 bridgehead atoms. The minimum Gasteiger partial charge on any atom is -0.481 e. The number of alkyl halides is 3. The molecule has 0 aromatic heterocycles. The largest absolute Gasteiger partial charge is 0.501 e. The van der Waals surface area contributed by atoms with Crippen molar-refractivity contribution < 1.29 is 31.5 Å². The first-order chi connectivity index (χ1) is 9.61. The molecule has 0 amide bonds. The first-order valence-electron chi connectivity index (χ1n) is 5.98. The summed E-state index contributed by atoms with van der Waals surface area (Å²) >= 11 is 0. The predicted molar refractivity (Wildman–Crippen MR) is 69.6 cm³/mol. The zero-order chi connectivity index (χ0) is 16.3. The SMILES string of the molecule is CCC(CNc1ccccc1S(=O)(=O)C(F)(F)F)C(=O)O. The van der Waals surface area contributed by atoms with Crippen LogP contribution in [0.1, 0.15) is 13.3 Å². The smallest absolute Gasteiger partial charge is 0.481 e. The molecule has 9 heteroatoms. The van der Waals surface area contributed by atoms with Crippen molar-refractivity contribution in [3.8, 4) is 0 Å². The van der Waals surface area contributed by atoms with Crippen molar-refractivity contribution >= 4 is 21.5 Å². The maximum Gasteiger partial charge on any atom is 0.501 e. The first kappa shape index (κ1) is 17.3. The van der Waals surface area contributed by atoms with E-state index in [1.54, 1.807) is 6.92 Å². The molecule has 2 N–H and O–H groups in total. The van der Waals surface area contributed by atoms with Crippen molar-refractivity contribution in [3.63, 3.8) is 0 Å².